The van der Waals surface area contributed by atoms with Crippen LogP contribution in [-0.4, -0.2) is 19.6 Å². The SMILES string of the molecule is O[C@@H]1c2cnccc2CC[C@@H]1[C@H]1c2ccccc2-c2cncn21. The minimum absolute atomic E-state index is 0.142. The van der Waals surface area contributed by atoms with Gasteiger partial charge in [-0.15, -0.1) is 0 Å². The molecule has 0 fully saturated rings. The van der Waals surface area contributed by atoms with Crippen LogP contribution in [0.3, 0.4) is 0 Å². The Hall–Kier alpha value is -2.46. The van der Waals surface area contributed by atoms with Crippen molar-refractivity contribution in [3.05, 3.63) is 71.9 Å². The molecule has 3 aromatic rings. The third-order valence-electron chi connectivity index (χ3n) is 5.34. The summed E-state index contributed by atoms with van der Waals surface area (Å²) in [4.78, 5) is 8.54. The summed E-state index contributed by atoms with van der Waals surface area (Å²) in [6.45, 7) is 0. The molecule has 3 atom stereocenters. The lowest BCUT2D eigenvalue weighted by Crippen LogP contribution is -2.28. The molecule has 4 nitrogen and oxygen atoms in total. The minimum atomic E-state index is -0.487. The number of benzene rings is 1. The van der Waals surface area contributed by atoms with E-state index < -0.39 is 6.10 Å². The number of rotatable bonds is 1. The van der Waals surface area contributed by atoms with Crippen molar-refractivity contribution in [2.24, 2.45) is 5.92 Å². The molecule has 0 saturated heterocycles. The zero-order chi connectivity index (χ0) is 15.4. The molecule has 1 aliphatic carbocycles. The minimum Gasteiger partial charge on any atom is -0.388 e. The largest absolute Gasteiger partial charge is 0.388 e. The van der Waals surface area contributed by atoms with Crippen LogP contribution in [0.5, 0.6) is 0 Å². The van der Waals surface area contributed by atoms with E-state index in [9.17, 15) is 5.11 Å². The summed E-state index contributed by atoms with van der Waals surface area (Å²) >= 11 is 0. The van der Waals surface area contributed by atoms with E-state index in [1.807, 2.05) is 31.0 Å². The molecular formula is C19H17N3O. The predicted octanol–water partition coefficient (Wildman–Crippen LogP) is 3.14. The van der Waals surface area contributed by atoms with Crippen molar-refractivity contribution in [1.82, 2.24) is 14.5 Å². The van der Waals surface area contributed by atoms with Crippen LogP contribution in [0.1, 0.15) is 35.3 Å². The Morgan fingerprint density at radius 2 is 1.96 bits per heavy atom. The lowest BCUT2D eigenvalue weighted by atomic mass is 9.76. The molecule has 0 spiro atoms. The average molecular weight is 303 g/mol. The Bertz CT molecular complexity index is 886. The number of aliphatic hydroxyl groups is 1. The van der Waals surface area contributed by atoms with Crippen molar-refractivity contribution in [3.8, 4) is 11.3 Å². The van der Waals surface area contributed by atoms with Gasteiger partial charge in [-0.05, 0) is 30.0 Å². The van der Waals surface area contributed by atoms with Crippen molar-refractivity contribution in [1.29, 1.82) is 0 Å². The predicted molar refractivity (Wildman–Crippen MR) is 86.8 cm³/mol. The molecule has 5 rings (SSSR count). The highest BCUT2D eigenvalue weighted by atomic mass is 16.3. The van der Waals surface area contributed by atoms with Gasteiger partial charge in [0, 0.05) is 29.4 Å². The van der Waals surface area contributed by atoms with E-state index in [0.29, 0.717) is 0 Å². The van der Waals surface area contributed by atoms with Crippen molar-refractivity contribution in [2.45, 2.75) is 25.0 Å². The number of hydrogen-bond donors (Lipinski definition) is 1. The second-order valence-electron chi connectivity index (χ2n) is 6.44. The first-order chi connectivity index (χ1) is 11.3. The number of aryl methyl sites for hydroxylation is 1. The van der Waals surface area contributed by atoms with Gasteiger partial charge in [-0.3, -0.25) is 4.98 Å². The van der Waals surface area contributed by atoms with Gasteiger partial charge >= 0.3 is 0 Å². The van der Waals surface area contributed by atoms with Crippen molar-refractivity contribution >= 4 is 0 Å². The highest BCUT2D eigenvalue weighted by Crippen LogP contribution is 2.49. The number of imidazole rings is 1. The quantitative estimate of drug-likeness (QED) is 0.751. The van der Waals surface area contributed by atoms with E-state index in [-0.39, 0.29) is 12.0 Å². The van der Waals surface area contributed by atoms with Crippen LogP contribution in [0.2, 0.25) is 0 Å². The second-order valence-corrected chi connectivity index (χ2v) is 6.44. The van der Waals surface area contributed by atoms with Gasteiger partial charge in [0.15, 0.2) is 0 Å². The Labute approximate surface area is 134 Å². The summed E-state index contributed by atoms with van der Waals surface area (Å²) in [6, 6.07) is 10.6. The maximum Gasteiger partial charge on any atom is 0.0956 e. The van der Waals surface area contributed by atoms with Crippen LogP contribution in [0, 0.1) is 5.92 Å². The zero-order valence-electron chi connectivity index (χ0n) is 12.6. The number of hydrogen-bond acceptors (Lipinski definition) is 3. The Morgan fingerprint density at radius 3 is 2.91 bits per heavy atom. The normalized spacial score (nSPS) is 24.8. The van der Waals surface area contributed by atoms with Gasteiger partial charge in [0.1, 0.15) is 0 Å². The molecular weight excluding hydrogens is 286 g/mol. The molecule has 2 aliphatic rings. The fourth-order valence-corrected chi connectivity index (χ4v) is 4.28. The Balaban J connectivity index is 1.64. The number of fused-ring (bicyclic) bond motifs is 4. The van der Waals surface area contributed by atoms with Gasteiger partial charge < -0.3 is 9.67 Å². The first kappa shape index (κ1) is 13.0. The number of aromatic nitrogens is 3. The monoisotopic (exact) mass is 303 g/mol. The molecule has 0 amide bonds. The fourth-order valence-electron chi connectivity index (χ4n) is 4.28. The zero-order valence-corrected chi connectivity index (χ0v) is 12.6. The van der Waals surface area contributed by atoms with Crippen LogP contribution in [0.25, 0.3) is 11.3 Å². The summed E-state index contributed by atoms with van der Waals surface area (Å²) in [6.07, 6.45) is 8.91. The maximum atomic E-state index is 11.0. The van der Waals surface area contributed by atoms with Crippen LogP contribution in [-0.2, 0) is 6.42 Å². The first-order valence-electron chi connectivity index (χ1n) is 8.06. The Morgan fingerprint density at radius 1 is 1.04 bits per heavy atom. The molecule has 0 bridgehead atoms. The fraction of sp³-hybridized carbons (Fsp3) is 0.263. The van der Waals surface area contributed by atoms with E-state index in [1.165, 1.54) is 16.7 Å². The molecule has 0 radical (unpaired) electrons. The Kier molecular flexibility index (Phi) is 2.70. The van der Waals surface area contributed by atoms with Gasteiger partial charge in [-0.1, -0.05) is 24.3 Å². The molecule has 0 saturated carbocycles. The van der Waals surface area contributed by atoms with Gasteiger partial charge in [0.25, 0.3) is 0 Å². The highest BCUT2D eigenvalue weighted by Gasteiger charge is 2.40. The van der Waals surface area contributed by atoms with E-state index in [1.54, 1.807) is 0 Å². The van der Waals surface area contributed by atoms with Crippen molar-refractivity contribution < 1.29 is 5.11 Å². The molecule has 3 heterocycles. The van der Waals surface area contributed by atoms with E-state index >= 15 is 0 Å². The van der Waals surface area contributed by atoms with Gasteiger partial charge in [-0.2, -0.15) is 0 Å². The lowest BCUT2D eigenvalue weighted by Gasteiger charge is -2.35. The molecule has 4 heteroatoms. The average Bonchev–Trinajstić information content (AvgIpc) is 3.17. The molecule has 114 valence electrons. The van der Waals surface area contributed by atoms with Crippen LogP contribution < -0.4 is 0 Å². The summed E-state index contributed by atoms with van der Waals surface area (Å²) in [5.74, 6) is 0.142. The second kappa shape index (κ2) is 4.77. The summed E-state index contributed by atoms with van der Waals surface area (Å²) in [5.41, 5.74) is 5.88. The summed E-state index contributed by atoms with van der Waals surface area (Å²) in [5, 5.41) is 11.0. The number of nitrogens with zero attached hydrogens (tertiary/aromatic N) is 3. The van der Waals surface area contributed by atoms with Crippen LogP contribution in [0.15, 0.2) is 55.2 Å². The van der Waals surface area contributed by atoms with E-state index in [4.69, 9.17) is 0 Å². The molecule has 2 aromatic heterocycles. The topological polar surface area (TPSA) is 50.9 Å². The highest BCUT2D eigenvalue weighted by molar-refractivity contribution is 5.69. The van der Waals surface area contributed by atoms with Gasteiger partial charge in [0.2, 0.25) is 0 Å². The molecule has 1 aromatic carbocycles. The number of aliphatic hydroxyl groups excluding tert-OH is 1. The van der Waals surface area contributed by atoms with E-state index in [2.05, 4.69) is 38.8 Å². The standard InChI is InChI=1S/C19H17N3O/c23-19-15(6-5-12-7-8-20-9-16(12)19)18-14-4-2-1-3-13(14)17-10-21-11-22(17)18/h1-4,7-11,15,18-19,23H,5-6H2/t15-,18-,19+/m1/s1. The molecule has 1 aliphatic heterocycles. The smallest absolute Gasteiger partial charge is 0.0956 e. The summed E-state index contributed by atoms with van der Waals surface area (Å²) < 4.78 is 2.22. The molecule has 23 heavy (non-hydrogen) atoms. The lowest BCUT2D eigenvalue weighted by molar-refractivity contribution is 0.0717. The molecule has 1 N–H and O–H groups in total. The van der Waals surface area contributed by atoms with Gasteiger partial charge in [0.05, 0.1) is 30.4 Å². The number of pyridine rings is 1. The van der Waals surface area contributed by atoms with Gasteiger partial charge in [-0.25, -0.2) is 4.98 Å². The van der Waals surface area contributed by atoms with Crippen molar-refractivity contribution in [2.75, 3.05) is 0 Å². The molecule has 0 unspecified atom stereocenters. The summed E-state index contributed by atoms with van der Waals surface area (Å²) in [7, 11) is 0. The third kappa shape index (κ3) is 1.75. The first-order valence-corrected chi connectivity index (χ1v) is 8.06. The third-order valence-corrected chi connectivity index (χ3v) is 5.34. The van der Waals surface area contributed by atoms with Crippen LogP contribution >= 0.6 is 0 Å². The van der Waals surface area contributed by atoms with Crippen molar-refractivity contribution in [3.63, 3.8) is 0 Å². The van der Waals surface area contributed by atoms with E-state index in [0.717, 1.165) is 24.1 Å². The maximum absolute atomic E-state index is 11.0. The van der Waals surface area contributed by atoms with Crippen LogP contribution in [0.4, 0.5) is 0 Å².